The normalized spacial score (nSPS) is 31.7. The van der Waals surface area contributed by atoms with Gasteiger partial charge in [-0.25, -0.2) is 0 Å². The standard InChI is InChI=1S/C12H23NO2/c1-9-7-10(2)11(3)13(8-9)12(15)5-4-6-14/h9-11,14H,4-8H2,1-3H3. The number of piperidine rings is 1. The average Bonchev–Trinajstić information content (AvgIpc) is 2.19. The van der Waals surface area contributed by atoms with Crippen LogP contribution in [-0.4, -0.2) is 35.1 Å². The SMILES string of the molecule is CC1CC(C)C(C)N(C(=O)CCCO)C1. The quantitative estimate of drug-likeness (QED) is 0.774. The third kappa shape index (κ3) is 3.20. The van der Waals surface area contributed by atoms with Gasteiger partial charge in [0, 0.05) is 25.6 Å². The summed E-state index contributed by atoms with van der Waals surface area (Å²) in [6, 6.07) is 0.354. The third-order valence-corrected chi connectivity index (χ3v) is 3.47. The lowest BCUT2D eigenvalue weighted by Crippen LogP contribution is -2.48. The summed E-state index contributed by atoms with van der Waals surface area (Å²) in [6.45, 7) is 7.55. The molecule has 3 heteroatoms. The highest BCUT2D eigenvalue weighted by Crippen LogP contribution is 2.27. The van der Waals surface area contributed by atoms with Gasteiger partial charge in [-0.2, -0.15) is 0 Å². The fourth-order valence-corrected chi connectivity index (χ4v) is 2.42. The summed E-state index contributed by atoms with van der Waals surface area (Å²) >= 11 is 0. The van der Waals surface area contributed by atoms with E-state index < -0.39 is 0 Å². The first-order valence-corrected chi connectivity index (χ1v) is 5.96. The molecule has 0 spiro atoms. The summed E-state index contributed by atoms with van der Waals surface area (Å²) in [5.41, 5.74) is 0. The fraction of sp³-hybridized carbons (Fsp3) is 0.917. The van der Waals surface area contributed by atoms with E-state index >= 15 is 0 Å². The molecule has 1 amide bonds. The van der Waals surface area contributed by atoms with Crippen molar-refractivity contribution >= 4 is 5.91 Å². The van der Waals surface area contributed by atoms with E-state index in [1.807, 2.05) is 4.90 Å². The van der Waals surface area contributed by atoms with Crippen LogP contribution in [0, 0.1) is 11.8 Å². The zero-order valence-electron chi connectivity index (χ0n) is 10.1. The lowest BCUT2D eigenvalue weighted by molar-refractivity contribution is -0.137. The molecule has 0 aromatic heterocycles. The largest absolute Gasteiger partial charge is 0.396 e. The molecule has 0 aromatic carbocycles. The topological polar surface area (TPSA) is 40.5 Å². The first kappa shape index (κ1) is 12.5. The Kier molecular flexibility index (Phi) is 4.58. The molecule has 3 unspecified atom stereocenters. The van der Waals surface area contributed by atoms with Crippen molar-refractivity contribution in [1.82, 2.24) is 4.90 Å². The van der Waals surface area contributed by atoms with Crippen molar-refractivity contribution in [3.8, 4) is 0 Å². The second-order valence-electron chi connectivity index (χ2n) is 4.93. The van der Waals surface area contributed by atoms with E-state index in [0.29, 0.717) is 30.7 Å². The molecule has 1 saturated heterocycles. The minimum absolute atomic E-state index is 0.110. The molecule has 3 atom stereocenters. The number of aliphatic hydroxyl groups is 1. The van der Waals surface area contributed by atoms with E-state index in [4.69, 9.17) is 5.11 Å². The molecule has 15 heavy (non-hydrogen) atoms. The highest BCUT2D eigenvalue weighted by molar-refractivity contribution is 5.76. The Labute approximate surface area is 92.5 Å². The van der Waals surface area contributed by atoms with Crippen molar-refractivity contribution < 1.29 is 9.90 Å². The average molecular weight is 213 g/mol. The maximum atomic E-state index is 11.9. The molecule has 1 rings (SSSR count). The van der Waals surface area contributed by atoms with Crippen LogP contribution in [0.5, 0.6) is 0 Å². The fourth-order valence-electron chi connectivity index (χ4n) is 2.42. The first-order valence-electron chi connectivity index (χ1n) is 5.96. The van der Waals surface area contributed by atoms with E-state index in [0.717, 1.165) is 6.54 Å². The second-order valence-corrected chi connectivity index (χ2v) is 4.93. The van der Waals surface area contributed by atoms with Crippen molar-refractivity contribution in [3.05, 3.63) is 0 Å². The summed E-state index contributed by atoms with van der Waals surface area (Å²) in [7, 11) is 0. The van der Waals surface area contributed by atoms with Crippen molar-refractivity contribution in [3.63, 3.8) is 0 Å². The summed E-state index contributed by atoms with van der Waals surface area (Å²) < 4.78 is 0. The minimum Gasteiger partial charge on any atom is -0.396 e. The van der Waals surface area contributed by atoms with Gasteiger partial charge < -0.3 is 10.0 Å². The van der Waals surface area contributed by atoms with Gasteiger partial charge in [0.25, 0.3) is 0 Å². The Bertz CT molecular complexity index is 218. The Morgan fingerprint density at radius 1 is 1.40 bits per heavy atom. The number of carbonyl (C=O) groups excluding carboxylic acids is 1. The summed E-state index contributed by atoms with van der Waals surface area (Å²) in [4.78, 5) is 13.9. The van der Waals surface area contributed by atoms with E-state index in [9.17, 15) is 4.79 Å². The van der Waals surface area contributed by atoms with Crippen LogP contribution in [0.4, 0.5) is 0 Å². The van der Waals surface area contributed by atoms with Gasteiger partial charge in [0.1, 0.15) is 0 Å². The number of amides is 1. The second kappa shape index (κ2) is 5.50. The third-order valence-electron chi connectivity index (χ3n) is 3.47. The summed E-state index contributed by atoms with van der Waals surface area (Å²) in [6.07, 6.45) is 2.29. The molecular weight excluding hydrogens is 190 g/mol. The Morgan fingerprint density at radius 2 is 2.07 bits per heavy atom. The number of likely N-dealkylation sites (tertiary alicyclic amines) is 1. The molecule has 0 aliphatic carbocycles. The molecule has 1 N–H and O–H groups in total. The van der Waals surface area contributed by atoms with E-state index in [2.05, 4.69) is 20.8 Å². The summed E-state index contributed by atoms with van der Waals surface area (Å²) in [5, 5.41) is 8.71. The molecule has 1 heterocycles. The van der Waals surface area contributed by atoms with E-state index in [1.165, 1.54) is 6.42 Å². The van der Waals surface area contributed by atoms with E-state index in [1.54, 1.807) is 0 Å². The number of hydrogen-bond acceptors (Lipinski definition) is 2. The molecule has 1 fully saturated rings. The zero-order valence-corrected chi connectivity index (χ0v) is 10.1. The smallest absolute Gasteiger partial charge is 0.222 e. The van der Waals surface area contributed by atoms with Crippen LogP contribution in [0.15, 0.2) is 0 Å². The van der Waals surface area contributed by atoms with Crippen LogP contribution in [0.2, 0.25) is 0 Å². The van der Waals surface area contributed by atoms with Gasteiger partial charge in [-0.3, -0.25) is 4.79 Å². The van der Waals surface area contributed by atoms with Crippen molar-refractivity contribution in [2.75, 3.05) is 13.2 Å². The van der Waals surface area contributed by atoms with Crippen molar-refractivity contribution in [2.45, 2.75) is 46.1 Å². The molecule has 0 aromatic rings. The van der Waals surface area contributed by atoms with Crippen molar-refractivity contribution in [1.29, 1.82) is 0 Å². The number of carbonyl (C=O) groups is 1. The van der Waals surface area contributed by atoms with Crippen LogP contribution in [0.1, 0.15) is 40.0 Å². The highest BCUT2D eigenvalue weighted by Gasteiger charge is 2.31. The maximum Gasteiger partial charge on any atom is 0.222 e. The molecule has 1 aliphatic rings. The van der Waals surface area contributed by atoms with Crippen LogP contribution < -0.4 is 0 Å². The lowest BCUT2D eigenvalue weighted by atomic mass is 9.86. The van der Waals surface area contributed by atoms with Gasteiger partial charge in [0.05, 0.1) is 0 Å². The first-order chi connectivity index (χ1) is 7.06. The Balaban J connectivity index is 2.54. The van der Waals surface area contributed by atoms with Crippen LogP contribution in [-0.2, 0) is 4.79 Å². The Hall–Kier alpha value is -0.570. The van der Waals surface area contributed by atoms with Crippen LogP contribution in [0.25, 0.3) is 0 Å². The number of rotatable bonds is 3. The highest BCUT2D eigenvalue weighted by atomic mass is 16.3. The van der Waals surface area contributed by atoms with Crippen LogP contribution in [0.3, 0.4) is 0 Å². The minimum atomic E-state index is 0.110. The monoisotopic (exact) mass is 213 g/mol. The predicted molar refractivity (Wildman–Crippen MR) is 60.4 cm³/mol. The summed E-state index contributed by atoms with van der Waals surface area (Å²) in [5.74, 6) is 1.40. The number of nitrogens with zero attached hydrogens (tertiary/aromatic N) is 1. The van der Waals surface area contributed by atoms with Crippen molar-refractivity contribution in [2.24, 2.45) is 11.8 Å². The lowest BCUT2D eigenvalue weighted by Gasteiger charge is -2.41. The molecule has 0 radical (unpaired) electrons. The van der Waals surface area contributed by atoms with Gasteiger partial charge in [-0.1, -0.05) is 13.8 Å². The zero-order chi connectivity index (χ0) is 11.4. The number of aliphatic hydroxyl groups excluding tert-OH is 1. The van der Waals surface area contributed by atoms with Gasteiger partial charge in [0.2, 0.25) is 5.91 Å². The van der Waals surface area contributed by atoms with E-state index in [-0.39, 0.29) is 12.5 Å². The Morgan fingerprint density at radius 3 is 2.67 bits per heavy atom. The van der Waals surface area contributed by atoms with Gasteiger partial charge >= 0.3 is 0 Å². The molecule has 3 nitrogen and oxygen atoms in total. The van der Waals surface area contributed by atoms with Crippen LogP contribution >= 0.6 is 0 Å². The predicted octanol–water partition coefficient (Wildman–Crippen LogP) is 1.65. The van der Waals surface area contributed by atoms with Gasteiger partial charge in [-0.15, -0.1) is 0 Å². The maximum absolute atomic E-state index is 11.9. The van der Waals surface area contributed by atoms with Gasteiger partial charge in [0.15, 0.2) is 0 Å². The molecule has 0 bridgehead atoms. The molecule has 88 valence electrons. The van der Waals surface area contributed by atoms with Gasteiger partial charge in [-0.05, 0) is 31.6 Å². The number of hydrogen-bond donors (Lipinski definition) is 1. The molecular formula is C12H23NO2. The molecule has 1 aliphatic heterocycles. The molecule has 0 saturated carbocycles.